The predicted octanol–water partition coefficient (Wildman–Crippen LogP) is 1.57. The second-order valence-electron chi connectivity index (χ2n) is 14.5. The lowest BCUT2D eigenvalue weighted by atomic mass is 10.0. The molecular formula is C41H46N12O8. The number of piperazine rings is 1. The number of nitrogens with zero attached hydrogens (tertiary/aromatic N) is 8. The number of amides is 4. The third-order valence-corrected chi connectivity index (χ3v) is 10.6. The van der Waals surface area contributed by atoms with Crippen LogP contribution in [0.15, 0.2) is 73.4 Å². The summed E-state index contributed by atoms with van der Waals surface area (Å²) in [6.45, 7) is 4.47. The number of fused-ring (bicyclic) bond motifs is 2. The molecule has 318 valence electrons. The van der Waals surface area contributed by atoms with Gasteiger partial charge in [-0.05, 0) is 36.8 Å². The summed E-state index contributed by atoms with van der Waals surface area (Å²) in [4.78, 5) is 73.0. The number of anilines is 5. The molecule has 2 unspecified atom stereocenters. The van der Waals surface area contributed by atoms with Gasteiger partial charge in [0.05, 0.1) is 51.0 Å². The fraction of sp³-hybridized carbons (Fsp3) is 0.366. The molecule has 3 aliphatic rings. The van der Waals surface area contributed by atoms with Gasteiger partial charge in [0.15, 0.2) is 17.7 Å². The summed E-state index contributed by atoms with van der Waals surface area (Å²) in [6, 6.07) is 12.2. The van der Waals surface area contributed by atoms with Crippen LogP contribution >= 0.6 is 0 Å². The van der Waals surface area contributed by atoms with Gasteiger partial charge in [0.1, 0.15) is 29.9 Å². The van der Waals surface area contributed by atoms with Crippen LogP contribution in [-0.4, -0.2) is 141 Å². The Hall–Kier alpha value is -6.74. The molecule has 4 amide bonds. The zero-order chi connectivity index (χ0) is 42.3. The van der Waals surface area contributed by atoms with E-state index in [1.54, 1.807) is 30.6 Å². The van der Waals surface area contributed by atoms with Crippen LogP contribution in [0.3, 0.4) is 0 Å². The van der Waals surface area contributed by atoms with Crippen LogP contribution in [0, 0.1) is 0 Å². The number of ether oxygens (including phenoxy) is 3. The van der Waals surface area contributed by atoms with Crippen molar-refractivity contribution in [3.63, 3.8) is 0 Å². The zero-order valence-corrected chi connectivity index (χ0v) is 33.2. The summed E-state index contributed by atoms with van der Waals surface area (Å²) in [5.74, 6) is -0.660. The summed E-state index contributed by atoms with van der Waals surface area (Å²) >= 11 is 0. The number of rotatable bonds is 17. The predicted molar refractivity (Wildman–Crippen MR) is 222 cm³/mol. The number of aliphatic hydroxyl groups is 1. The maximum absolute atomic E-state index is 13.3. The van der Waals surface area contributed by atoms with Gasteiger partial charge >= 0.3 is 0 Å². The minimum Gasteiger partial charge on any atom is -0.382 e. The summed E-state index contributed by atoms with van der Waals surface area (Å²) in [5, 5.41) is 19.7. The molecule has 61 heavy (non-hydrogen) atoms. The average Bonchev–Trinajstić information content (AvgIpc) is 3.85. The van der Waals surface area contributed by atoms with Crippen molar-refractivity contribution < 1.29 is 38.5 Å². The molecule has 0 bridgehead atoms. The first kappa shape index (κ1) is 41.0. The molecule has 2 fully saturated rings. The number of hydrogen-bond acceptors (Lipinski definition) is 16. The lowest BCUT2D eigenvalue weighted by molar-refractivity contribution is -0.140. The molecule has 0 spiro atoms. The minimum absolute atomic E-state index is 0.0246. The molecule has 0 radical (unpaired) electrons. The highest BCUT2D eigenvalue weighted by molar-refractivity contribution is 6.08. The van der Waals surface area contributed by atoms with Gasteiger partial charge in [-0.2, -0.15) is 0 Å². The van der Waals surface area contributed by atoms with E-state index in [4.69, 9.17) is 24.9 Å². The molecule has 0 aliphatic carbocycles. The maximum atomic E-state index is 13.3. The van der Waals surface area contributed by atoms with Gasteiger partial charge in [-0.25, -0.2) is 15.0 Å². The smallest absolute Gasteiger partial charge is 0.259 e. The van der Waals surface area contributed by atoms with Gasteiger partial charge in [-0.3, -0.25) is 34.4 Å². The number of aromatic nitrogens is 5. The highest BCUT2D eigenvalue weighted by Gasteiger charge is 2.45. The van der Waals surface area contributed by atoms with Gasteiger partial charge in [0.2, 0.25) is 17.7 Å². The fourth-order valence-electron chi connectivity index (χ4n) is 7.52. The number of imidazole rings is 1. The molecule has 2 aromatic carbocycles. The number of nitrogens with two attached hydrogens (primary N) is 1. The van der Waals surface area contributed by atoms with Crippen LogP contribution < -0.4 is 26.6 Å². The number of nitrogen functional groups attached to an aromatic ring is 1. The summed E-state index contributed by atoms with van der Waals surface area (Å²) in [7, 11) is 0. The topological polar surface area (TPSA) is 244 Å². The molecule has 6 heterocycles. The standard InChI is InChI=1S/C41H46N12O8/c42-33-23-43-22-30(47-33)31-24-52-12-10-45-38(52)37(48-31)46-26-4-6-27(7-5-26)50-13-15-51(16-14-50)35(55)25-61-21-20-60-19-18-59-17-11-44-29-3-1-2-28-36(29)41(58)53(40(28)57)32-8-9-34(54)49-39(32)56/h1-7,10,12,22-24,32,40,44,57H,8-9,11,13-21,25H2,(H2,42,47)(H,46,48)(H,49,54,56). The molecular weight excluding hydrogens is 789 g/mol. The Labute approximate surface area is 350 Å². The van der Waals surface area contributed by atoms with E-state index in [2.05, 4.69) is 35.8 Å². The second kappa shape index (κ2) is 18.7. The maximum Gasteiger partial charge on any atom is 0.259 e. The van der Waals surface area contributed by atoms with Gasteiger partial charge in [-0.15, -0.1) is 0 Å². The van der Waals surface area contributed by atoms with Crippen LogP contribution in [0.2, 0.25) is 0 Å². The highest BCUT2D eigenvalue weighted by Crippen LogP contribution is 2.38. The Morgan fingerprint density at radius 3 is 2.46 bits per heavy atom. The molecule has 2 atom stereocenters. The monoisotopic (exact) mass is 834 g/mol. The fourth-order valence-corrected chi connectivity index (χ4v) is 7.52. The number of benzene rings is 2. The molecule has 6 N–H and O–H groups in total. The lowest BCUT2D eigenvalue weighted by Crippen LogP contribution is -2.53. The normalized spacial score (nSPS) is 17.8. The number of carbonyl (C=O) groups is 4. The SMILES string of the molecule is Nc1cncc(-c2cn3ccnc3c(Nc3ccc(N4CCN(C(=O)COCCOCCOCCNc5cccc6c5C(=O)N(C5CCC(=O)NC5=O)C6O)CC4)cc3)n2)n1. The van der Waals surface area contributed by atoms with Crippen LogP contribution in [0.25, 0.3) is 17.0 Å². The summed E-state index contributed by atoms with van der Waals surface area (Å²) in [5.41, 5.74) is 10.8. The average molecular weight is 835 g/mol. The van der Waals surface area contributed by atoms with Crippen LogP contribution in [0.4, 0.5) is 28.7 Å². The van der Waals surface area contributed by atoms with Gasteiger partial charge in [0, 0.05) is 80.4 Å². The quantitative estimate of drug-likeness (QED) is 0.0660. The summed E-state index contributed by atoms with van der Waals surface area (Å²) in [6.07, 6.45) is 7.42. The van der Waals surface area contributed by atoms with Crippen molar-refractivity contribution in [1.82, 2.24) is 39.5 Å². The Balaban J connectivity index is 0.691. The molecule has 20 heteroatoms. The van der Waals surface area contributed by atoms with E-state index in [1.807, 2.05) is 46.0 Å². The zero-order valence-electron chi connectivity index (χ0n) is 33.2. The van der Waals surface area contributed by atoms with Crippen molar-refractivity contribution in [3.8, 4) is 11.4 Å². The van der Waals surface area contributed by atoms with Crippen molar-refractivity contribution in [2.45, 2.75) is 25.1 Å². The Morgan fingerprint density at radius 1 is 0.918 bits per heavy atom. The van der Waals surface area contributed by atoms with E-state index in [1.165, 1.54) is 6.20 Å². The number of piperidine rings is 1. The van der Waals surface area contributed by atoms with Crippen molar-refractivity contribution in [3.05, 3.63) is 84.6 Å². The third-order valence-electron chi connectivity index (χ3n) is 10.6. The number of carbonyl (C=O) groups excluding carboxylic acids is 4. The van der Waals surface area contributed by atoms with E-state index in [9.17, 15) is 24.3 Å². The Kier molecular flexibility index (Phi) is 12.6. The van der Waals surface area contributed by atoms with Crippen molar-refractivity contribution >= 4 is 58.0 Å². The van der Waals surface area contributed by atoms with Crippen molar-refractivity contribution in [2.24, 2.45) is 0 Å². The second-order valence-corrected chi connectivity index (χ2v) is 14.5. The van der Waals surface area contributed by atoms with Crippen LogP contribution in [0.5, 0.6) is 0 Å². The van der Waals surface area contributed by atoms with E-state index >= 15 is 0 Å². The molecule has 2 saturated heterocycles. The number of nitrogens with one attached hydrogen (secondary N) is 3. The number of imide groups is 1. The van der Waals surface area contributed by atoms with Crippen molar-refractivity contribution in [1.29, 1.82) is 0 Å². The van der Waals surface area contributed by atoms with E-state index < -0.39 is 30.0 Å². The lowest BCUT2D eigenvalue weighted by Gasteiger charge is -2.36. The molecule has 5 aromatic rings. The molecule has 0 saturated carbocycles. The van der Waals surface area contributed by atoms with E-state index in [0.717, 1.165) is 16.3 Å². The minimum atomic E-state index is -1.29. The molecule has 3 aromatic heterocycles. The largest absolute Gasteiger partial charge is 0.382 e. The molecule has 3 aliphatic heterocycles. The van der Waals surface area contributed by atoms with Gasteiger partial charge in [-0.1, -0.05) is 12.1 Å². The van der Waals surface area contributed by atoms with Crippen LogP contribution in [0.1, 0.15) is 35.0 Å². The number of hydrogen-bond donors (Lipinski definition) is 5. The highest BCUT2D eigenvalue weighted by atomic mass is 16.5. The molecule has 8 rings (SSSR count). The van der Waals surface area contributed by atoms with E-state index in [-0.39, 0.29) is 32.0 Å². The van der Waals surface area contributed by atoms with Crippen LogP contribution in [-0.2, 0) is 28.6 Å². The number of aliphatic hydroxyl groups excluding tert-OH is 1. The molecule has 20 nitrogen and oxygen atoms in total. The first-order valence-electron chi connectivity index (χ1n) is 20.0. The van der Waals surface area contributed by atoms with Gasteiger partial charge < -0.3 is 49.9 Å². The first-order valence-corrected chi connectivity index (χ1v) is 20.0. The Morgan fingerprint density at radius 2 is 1.69 bits per heavy atom. The van der Waals surface area contributed by atoms with Crippen molar-refractivity contribution in [2.75, 3.05) is 93.6 Å². The first-order chi connectivity index (χ1) is 29.7. The summed E-state index contributed by atoms with van der Waals surface area (Å²) < 4.78 is 18.7. The third kappa shape index (κ3) is 9.36. The Bertz CT molecular complexity index is 2390. The van der Waals surface area contributed by atoms with E-state index in [0.29, 0.717) is 105 Å². The van der Waals surface area contributed by atoms with Gasteiger partial charge in [0.25, 0.3) is 5.91 Å².